The molecule has 1 saturated carbocycles. The van der Waals surface area contributed by atoms with Gasteiger partial charge in [0.1, 0.15) is 11.9 Å². The van der Waals surface area contributed by atoms with Crippen LogP contribution in [0.5, 0.6) is 0 Å². The fourth-order valence-electron chi connectivity index (χ4n) is 4.33. The van der Waals surface area contributed by atoms with Gasteiger partial charge in [-0.2, -0.15) is 0 Å². The molecule has 0 spiro atoms. The highest BCUT2D eigenvalue weighted by Crippen LogP contribution is 2.29. The van der Waals surface area contributed by atoms with Gasteiger partial charge in [0.25, 0.3) is 0 Å². The lowest BCUT2D eigenvalue weighted by molar-refractivity contribution is -0.150. The number of carbonyl (C=O) groups excluding carboxylic acids is 2. The van der Waals surface area contributed by atoms with E-state index in [-0.39, 0.29) is 42.5 Å². The van der Waals surface area contributed by atoms with Gasteiger partial charge in [-0.25, -0.2) is 0 Å². The van der Waals surface area contributed by atoms with E-state index in [2.05, 4.69) is 10.6 Å². The summed E-state index contributed by atoms with van der Waals surface area (Å²) in [6.45, 7) is 0.551. The number of carboxylic acid groups (broad SMARTS) is 1. The maximum atomic E-state index is 13.2. The normalized spacial score (nSPS) is 19.2. The van der Waals surface area contributed by atoms with Crippen molar-refractivity contribution in [1.82, 2.24) is 15.5 Å². The number of aliphatic carboxylic acids is 1. The molecule has 1 heterocycles. The van der Waals surface area contributed by atoms with Crippen LogP contribution in [0.15, 0.2) is 24.3 Å². The van der Waals surface area contributed by atoms with Crippen molar-refractivity contribution >= 4 is 36.0 Å². The Hall–Kier alpha value is -2.65. The minimum absolute atomic E-state index is 0. The van der Waals surface area contributed by atoms with Crippen LogP contribution in [0.25, 0.3) is 0 Å². The molecule has 0 bridgehead atoms. The third-order valence-electron chi connectivity index (χ3n) is 6.20. The zero-order valence-electron chi connectivity index (χ0n) is 18.0. The number of amidine groups is 1. The van der Waals surface area contributed by atoms with Crippen molar-refractivity contribution < 1.29 is 19.5 Å². The molecule has 1 aromatic carbocycles. The molecule has 2 aliphatic rings. The molecule has 10 heteroatoms. The second-order valence-corrected chi connectivity index (χ2v) is 8.31. The Kier molecular flexibility index (Phi) is 9.46. The van der Waals surface area contributed by atoms with Crippen LogP contribution in [-0.4, -0.2) is 58.8 Å². The van der Waals surface area contributed by atoms with E-state index < -0.39 is 18.1 Å². The molecule has 0 radical (unpaired) electrons. The number of hydrogen-bond acceptors (Lipinski definition) is 5. The zero-order chi connectivity index (χ0) is 22.4. The number of carboxylic acids is 1. The molecule has 0 aromatic heterocycles. The summed E-state index contributed by atoms with van der Waals surface area (Å²) in [6, 6.07) is 5.97. The second-order valence-electron chi connectivity index (χ2n) is 8.31. The van der Waals surface area contributed by atoms with Gasteiger partial charge in [0.2, 0.25) is 11.8 Å². The lowest BCUT2D eigenvalue weighted by atomic mass is 9.82. The van der Waals surface area contributed by atoms with E-state index in [4.69, 9.17) is 16.2 Å². The number of nitrogens with two attached hydrogens (primary N) is 1. The number of likely N-dealkylation sites (tertiary alicyclic amines) is 1. The summed E-state index contributed by atoms with van der Waals surface area (Å²) in [4.78, 5) is 38.5. The van der Waals surface area contributed by atoms with Crippen molar-refractivity contribution in [1.29, 1.82) is 5.41 Å². The van der Waals surface area contributed by atoms with Gasteiger partial charge in [-0.15, -0.1) is 12.4 Å². The summed E-state index contributed by atoms with van der Waals surface area (Å²) in [5.41, 5.74) is 6.94. The maximum Gasteiger partial charge on any atom is 0.317 e. The van der Waals surface area contributed by atoms with E-state index in [1.54, 1.807) is 29.2 Å². The predicted molar refractivity (Wildman–Crippen MR) is 123 cm³/mol. The van der Waals surface area contributed by atoms with Crippen LogP contribution >= 0.6 is 12.4 Å². The Morgan fingerprint density at radius 1 is 1.12 bits per heavy atom. The molecular formula is C22H32ClN5O4. The van der Waals surface area contributed by atoms with Crippen LogP contribution in [0.1, 0.15) is 49.7 Å². The van der Waals surface area contributed by atoms with Gasteiger partial charge < -0.3 is 21.1 Å². The average molecular weight is 466 g/mol. The number of carbonyl (C=O) groups is 3. The molecule has 2 fully saturated rings. The van der Waals surface area contributed by atoms with E-state index in [0.29, 0.717) is 25.1 Å². The van der Waals surface area contributed by atoms with Crippen molar-refractivity contribution in [3.05, 3.63) is 35.4 Å². The van der Waals surface area contributed by atoms with E-state index in [0.717, 1.165) is 37.7 Å². The van der Waals surface area contributed by atoms with Crippen LogP contribution < -0.4 is 16.4 Å². The Bertz CT molecular complexity index is 826. The Morgan fingerprint density at radius 2 is 1.78 bits per heavy atom. The largest absolute Gasteiger partial charge is 0.480 e. The molecule has 1 aliphatic carbocycles. The highest BCUT2D eigenvalue weighted by atomic mass is 35.5. The first kappa shape index (κ1) is 25.6. The SMILES string of the molecule is Cl.N=C(N)c1ccc(CNC(=O)[C@@H]2CCN2C(=O)C(NCC(=O)O)C2CCCCC2)cc1. The number of nitrogens with one attached hydrogen (secondary N) is 3. The second kappa shape index (κ2) is 11.8. The standard InChI is InChI=1S/C22H31N5O4.ClH/c23-20(24)16-8-6-14(7-9-16)12-26-21(30)17-10-11-27(17)22(31)19(25-13-18(28)29)15-4-2-1-3-5-15;/h6-9,15,17,19,25H,1-5,10-13H2,(H3,23,24)(H,26,30)(H,28,29);1H/t17-,19?;/m0./s1. The number of amides is 2. The summed E-state index contributed by atoms with van der Waals surface area (Å²) in [7, 11) is 0. The Morgan fingerprint density at radius 3 is 2.31 bits per heavy atom. The third kappa shape index (κ3) is 6.43. The van der Waals surface area contributed by atoms with Gasteiger partial charge in [-0.3, -0.25) is 25.1 Å². The highest BCUT2D eigenvalue weighted by Gasteiger charge is 2.42. The van der Waals surface area contributed by atoms with Gasteiger partial charge in [0, 0.05) is 18.7 Å². The first-order chi connectivity index (χ1) is 14.9. The fourth-order valence-corrected chi connectivity index (χ4v) is 4.33. The molecular weight excluding hydrogens is 434 g/mol. The van der Waals surface area contributed by atoms with Crippen molar-refractivity contribution in [2.45, 2.75) is 57.2 Å². The lowest BCUT2D eigenvalue weighted by Crippen LogP contribution is -2.63. The molecule has 1 aliphatic heterocycles. The lowest BCUT2D eigenvalue weighted by Gasteiger charge is -2.43. The van der Waals surface area contributed by atoms with E-state index >= 15 is 0 Å². The monoisotopic (exact) mass is 465 g/mol. The van der Waals surface area contributed by atoms with Crippen LogP contribution in [0.2, 0.25) is 0 Å². The van der Waals surface area contributed by atoms with Crippen LogP contribution in [-0.2, 0) is 20.9 Å². The van der Waals surface area contributed by atoms with Gasteiger partial charge in [0.05, 0.1) is 12.6 Å². The minimum atomic E-state index is -0.998. The minimum Gasteiger partial charge on any atom is -0.480 e. The quantitative estimate of drug-likeness (QED) is 0.273. The molecule has 9 nitrogen and oxygen atoms in total. The smallest absolute Gasteiger partial charge is 0.317 e. The number of hydrogen-bond donors (Lipinski definition) is 5. The fraction of sp³-hybridized carbons (Fsp3) is 0.545. The van der Waals surface area contributed by atoms with Gasteiger partial charge in [-0.05, 0) is 30.7 Å². The highest BCUT2D eigenvalue weighted by molar-refractivity contribution is 5.95. The summed E-state index contributed by atoms with van der Waals surface area (Å²) >= 11 is 0. The predicted octanol–water partition coefficient (Wildman–Crippen LogP) is 1.23. The van der Waals surface area contributed by atoms with Crippen molar-refractivity contribution in [3.8, 4) is 0 Å². The molecule has 1 unspecified atom stereocenters. The number of nitrogen functional groups attached to an aromatic ring is 1. The Balaban J connectivity index is 0.00000363. The summed E-state index contributed by atoms with van der Waals surface area (Å²) in [5.74, 6) is -1.29. The number of halogens is 1. The van der Waals surface area contributed by atoms with Crippen LogP contribution in [0.3, 0.4) is 0 Å². The zero-order valence-corrected chi connectivity index (χ0v) is 18.8. The topological polar surface area (TPSA) is 149 Å². The Labute approximate surface area is 194 Å². The first-order valence-electron chi connectivity index (χ1n) is 10.8. The van der Waals surface area contributed by atoms with E-state index in [1.807, 2.05) is 0 Å². The number of rotatable bonds is 9. The van der Waals surface area contributed by atoms with Crippen molar-refractivity contribution in [2.75, 3.05) is 13.1 Å². The van der Waals surface area contributed by atoms with Gasteiger partial charge >= 0.3 is 5.97 Å². The third-order valence-corrected chi connectivity index (χ3v) is 6.20. The van der Waals surface area contributed by atoms with Gasteiger partial charge in [0.15, 0.2) is 0 Å². The molecule has 6 N–H and O–H groups in total. The van der Waals surface area contributed by atoms with Crippen molar-refractivity contribution in [2.24, 2.45) is 11.7 Å². The molecule has 32 heavy (non-hydrogen) atoms. The number of benzene rings is 1. The summed E-state index contributed by atoms with van der Waals surface area (Å²) in [6.07, 6.45) is 5.59. The molecule has 176 valence electrons. The van der Waals surface area contributed by atoms with E-state index in [9.17, 15) is 14.4 Å². The van der Waals surface area contributed by atoms with Crippen LogP contribution in [0, 0.1) is 11.3 Å². The molecule has 3 rings (SSSR count). The maximum absolute atomic E-state index is 13.2. The van der Waals surface area contributed by atoms with Crippen LogP contribution in [0.4, 0.5) is 0 Å². The van der Waals surface area contributed by atoms with E-state index in [1.165, 1.54) is 0 Å². The molecule has 1 saturated heterocycles. The average Bonchev–Trinajstić information content (AvgIpc) is 2.72. The summed E-state index contributed by atoms with van der Waals surface area (Å²) < 4.78 is 0. The first-order valence-corrected chi connectivity index (χ1v) is 10.8. The van der Waals surface area contributed by atoms with Crippen molar-refractivity contribution in [3.63, 3.8) is 0 Å². The molecule has 2 atom stereocenters. The molecule has 1 aromatic rings. The van der Waals surface area contributed by atoms with Gasteiger partial charge in [-0.1, -0.05) is 43.5 Å². The molecule has 2 amide bonds. The summed E-state index contributed by atoms with van der Waals surface area (Å²) in [5, 5.41) is 22.3. The number of nitrogens with zero attached hydrogens (tertiary/aromatic N) is 1.